The molecule has 1 aliphatic rings. The molecule has 3 rings (SSSR count). The van der Waals surface area contributed by atoms with E-state index in [1.807, 2.05) is 0 Å². The second-order valence-corrected chi connectivity index (χ2v) is 7.66. The fraction of sp³-hybridized carbons (Fsp3) is 0.400. The Morgan fingerprint density at radius 2 is 2.00 bits per heavy atom. The van der Waals surface area contributed by atoms with Crippen LogP contribution in [-0.2, 0) is 24.2 Å². The van der Waals surface area contributed by atoms with Crippen molar-refractivity contribution in [2.24, 2.45) is 4.99 Å². The van der Waals surface area contributed by atoms with E-state index in [0.29, 0.717) is 0 Å². The summed E-state index contributed by atoms with van der Waals surface area (Å²) in [5, 5.41) is 5.56. The van der Waals surface area contributed by atoms with Crippen LogP contribution in [0.3, 0.4) is 0 Å². The summed E-state index contributed by atoms with van der Waals surface area (Å²) in [6.07, 6.45) is 1.96. The summed E-state index contributed by atoms with van der Waals surface area (Å²) in [6, 6.07) is 12.8. The molecule has 7 heteroatoms. The molecule has 0 saturated heterocycles. The first-order valence-corrected chi connectivity index (χ1v) is 9.84. The summed E-state index contributed by atoms with van der Waals surface area (Å²) >= 11 is 1.77. The molecule has 0 radical (unpaired) electrons. The predicted molar refractivity (Wildman–Crippen MR) is 123 cm³/mol. The number of rotatable bonds is 5. The third-order valence-corrected chi connectivity index (χ3v) is 5.46. The highest BCUT2D eigenvalue weighted by Crippen LogP contribution is 2.18. The van der Waals surface area contributed by atoms with E-state index in [1.54, 1.807) is 30.3 Å². The number of carbonyl (C=O) groups excluding carboxylic acids is 1. The average molecular weight is 498 g/mol. The van der Waals surface area contributed by atoms with Gasteiger partial charge >= 0.3 is 0 Å². The van der Waals surface area contributed by atoms with Crippen molar-refractivity contribution in [3.05, 3.63) is 57.8 Å². The molecule has 1 N–H and O–H groups in total. The second kappa shape index (κ2) is 10.7. The maximum absolute atomic E-state index is 12.0. The molecular weight excluding hydrogens is 471 g/mol. The van der Waals surface area contributed by atoms with Crippen LogP contribution in [0.1, 0.15) is 16.0 Å². The minimum Gasteiger partial charge on any atom is -0.356 e. The van der Waals surface area contributed by atoms with Crippen LogP contribution in [0.5, 0.6) is 0 Å². The maximum Gasteiger partial charge on any atom is 0.243 e. The van der Waals surface area contributed by atoms with Crippen molar-refractivity contribution < 1.29 is 4.79 Å². The maximum atomic E-state index is 12.0. The molecule has 0 bridgehead atoms. The van der Waals surface area contributed by atoms with E-state index in [4.69, 9.17) is 0 Å². The number of nitrogens with zero attached hydrogens (tertiary/aromatic N) is 3. The first kappa shape index (κ1) is 21.7. The molecule has 2 heterocycles. The Bertz CT molecular complexity index is 761. The van der Waals surface area contributed by atoms with Gasteiger partial charge in [-0.3, -0.25) is 4.79 Å². The molecule has 5 nitrogen and oxygen atoms in total. The lowest BCUT2D eigenvalue weighted by molar-refractivity contribution is -0.127. The smallest absolute Gasteiger partial charge is 0.243 e. The number of hydrogen-bond acceptors (Lipinski definition) is 3. The van der Waals surface area contributed by atoms with Crippen LogP contribution in [-0.4, -0.2) is 55.4 Å². The lowest BCUT2D eigenvalue weighted by Crippen LogP contribution is -2.45. The molecule has 0 fully saturated rings. The monoisotopic (exact) mass is 498 g/mol. The summed E-state index contributed by atoms with van der Waals surface area (Å²) in [6.45, 7) is 2.73. The highest BCUT2D eigenvalue weighted by Gasteiger charge is 2.19. The summed E-state index contributed by atoms with van der Waals surface area (Å²) in [5.74, 6) is 0.839. The van der Waals surface area contributed by atoms with Crippen LogP contribution >= 0.6 is 35.3 Å². The molecule has 1 aliphatic heterocycles. The SMILES string of the molecule is CN(C)C(=O)CN=C(NCCc1cccs1)N1CCc2ccccc2C1.I. The van der Waals surface area contributed by atoms with Crippen LogP contribution < -0.4 is 5.32 Å². The Morgan fingerprint density at radius 3 is 2.70 bits per heavy atom. The average Bonchev–Trinajstić information content (AvgIpc) is 3.17. The van der Waals surface area contributed by atoms with Crippen molar-refractivity contribution in [2.45, 2.75) is 19.4 Å². The van der Waals surface area contributed by atoms with E-state index in [1.165, 1.54) is 16.0 Å². The lowest BCUT2D eigenvalue weighted by atomic mass is 10.0. The van der Waals surface area contributed by atoms with Crippen molar-refractivity contribution in [3.63, 3.8) is 0 Å². The van der Waals surface area contributed by atoms with Crippen molar-refractivity contribution in [1.29, 1.82) is 0 Å². The fourth-order valence-corrected chi connectivity index (χ4v) is 3.69. The van der Waals surface area contributed by atoms with Crippen LogP contribution in [0.4, 0.5) is 0 Å². The standard InChI is InChI=1S/C20H26N4OS.HI/c1-23(2)19(25)14-22-20(21-11-9-18-8-5-13-26-18)24-12-10-16-6-3-4-7-17(16)15-24;/h3-8,13H,9-12,14-15H2,1-2H3,(H,21,22);1H. The number of benzene rings is 1. The molecule has 1 aromatic carbocycles. The van der Waals surface area contributed by atoms with Gasteiger partial charge in [0.2, 0.25) is 5.91 Å². The summed E-state index contributed by atoms with van der Waals surface area (Å²) < 4.78 is 0. The molecule has 0 aliphatic carbocycles. The zero-order chi connectivity index (χ0) is 18.4. The van der Waals surface area contributed by atoms with Gasteiger partial charge in [-0.2, -0.15) is 0 Å². The van der Waals surface area contributed by atoms with Gasteiger partial charge in [0.05, 0.1) is 0 Å². The highest BCUT2D eigenvalue weighted by atomic mass is 127. The molecule has 1 amide bonds. The molecule has 146 valence electrons. The number of thiophene rings is 1. The number of likely N-dealkylation sites (N-methyl/N-ethyl adjacent to an activating group) is 1. The molecule has 0 spiro atoms. The van der Waals surface area contributed by atoms with E-state index < -0.39 is 0 Å². The first-order chi connectivity index (χ1) is 12.6. The number of hydrogen-bond donors (Lipinski definition) is 1. The molecule has 2 aromatic rings. The Balaban J connectivity index is 0.00000261. The van der Waals surface area contributed by atoms with Gasteiger partial charge in [0.25, 0.3) is 0 Å². The van der Waals surface area contributed by atoms with Crippen molar-refractivity contribution in [1.82, 2.24) is 15.1 Å². The quantitative estimate of drug-likeness (QED) is 0.392. The number of carbonyl (C=O) groups is 1. The van der Waals surface area contributed by atoms with Gasteiger partial charge in [-0.1, -0.05) is 30.3 Å². The number of halogens is 1. The third-order valence-electron chi connectivity index (χ3n) is 4.53. The van der Waals surface area contributed by atoms with Gasteiger partial charge in [-0.15, -0.1) is 35.3 Å². The van der Waals surface area contributed by atoms with Crippen LogP contribution in [0, 0.1) is 0 Å². The Hall–Kier alpha value is -1.61. The van der Waals surface area contributed by atoms with E-state index in [2.05, 4.69) is 57.0 Å². The van der Waals surface area contributed by atoms with Gasteiger partial charge in [0.15, 0.2) is 5.96 Å². The van der Waals surface area contributed by atoms with Crippen LogP contribution in [0.15, 0.2) is 46.8 Å². The van der Waals surface area contributed by atoms with E-state index in [-0.39, 0.29) is 36.4 Å². The largest absolute Gasteiger partial charge is 0.356 e. The summed E-state index contributed by atoms with van der Waals surface area (Å²) in [7, 11) is 3.53. The Labute approximate surface area is 182 Å². The number of aliphatic imine (C=N–C) groups is 1. The number of amides is 1. The van der Waals surface area contributed by atoms with E-state index in [9.17, 15) is 4.79 Å². The first-order valence-electron chi connectivity index (χ1n) is 8.96. The van der Waals surface area contributed by atoms with Gasteiger partial charge in [0.1, 0.15) is 6.54 Å². The van der Waals surface area contributed by atoms with E-state index >= 15 is 0 Å². The van der Waals surface area contributed by atoms with Crippen LogP contribution in [0.2, 0.25) is 0 Å². The highest BCUT2D eigenvalue weighted by molar-refractivity contribution is 14.0. The van der Waals surface area contributed by atoms with Gasteiger partial charge in [-0.25, -0.2) is 4.99 Å². The minimum atomic E-state index is 0. The molecule has 0 unspecified atom stereocenters. The number of nitrogens with one attached hydrogen (secondary N) is 1. The third kappa shape index (κ3) is 6.21. The van der Waals surface area contributed by atoms with Gasteiger partial charge < -0.3 is 15.1 Å². The van der Waals surface area contributed by atoms with Gasteiger partial charge in [-0.05, 0) is 35.4 Å². The zero-order valence-corrected chi connectivity index (χ0v) is 19.0. The predicted octanol–water partition coefficient (Wildman–Crippen LogP) is 3.00. The van der Waals surface area contributed by atoms with Gasteiger partial charge in [0, 0.05) is 38.6 Å². The normalized spacial score (nSPS) is 13.6. The Kier molecular flexibility index (Phi) is 8.56. The molecule has 0 saturated carbocycles. The van der Waals surface area contributed by atoms with Crippen LogP contribution in [0.25, 0.3) is 0 Å². The molecule has 1 aromatic heterocycles. The summed E-state index contributed by atoms with van der Waals surface area (Å²) in [4.78, 5) is 21.8. The van der Waals surface area contributed by atoms with E-state index in [0.717, 1.165) is 38.4 Å². The minimum absolute atomic E-state index is 0. The molecule has 0 atom stereocenters. The number of guanidine groups is 1. The second-order valence-electron chi connectivity index (χ2n) is 6.62. The lowest BCUT2D eigenvalue weighted by Gasteiger charge is -2.32. The number of fused-ring (bicyclic) bond motifs is 1. The summed E-state index contributed by atoms with van der Waals surface area (Å²) in [5.41, 5.74) is 2.75. The Morgan fingerprint density at radius 1 is 1.22 bits per heavy atom. The zero-order valence-electron chi connectivity index (χ0n) is 15.9. The molecule has 27 heavy (non-hydrogen) atoms. The van der Waals surface area contributed by atoms with Crippen molar-refractivity contribution in [3.8, 4) is 0 Å². The molecular formula is C20H27IN4OS. The van der Waals surface area contributed by atoms with Crippen molar-refractivity contribution in [2.75, 3.05) is 33.7 Å². The fourth-order valence-electron chi connectivity index (χ4n) is 2.98. The van der Waals surface area contributed by atoms with Crippen molar-refractivity contribution >= 4 is 47.2 Å². The topological polar surface area (TPSA) is 47.9 Å².